The first kappa shape index (κ1) is 22.9. The number of anilines is 2. The quantitative estimate of drug-likeness (QED) is 0.371. The highest BCUT2D eigenvalue weighted by Gasteiger charge is 2.31. The highest BCUT2D eigenvalue weighted by molar-refractivity contribution is 6.30. The number of fused-ring (bicyclic) bond motifs is 1. The van der Waals surface area contributed by atoms with Crippen LogP contribution in [0, 0.1) is 6.92 Å². The number of aryl methyl sites for hydroxylation is 1. The lowest BCUT2D eigenvalue weighted by molar-refractivity contribution is -0.115. The molecule has 1 aliphatic rings. The summed E-state index contributed by atoms with van der Waals surface area (Å²) in [5, 5.41) is 11.7. The molecule has 1 aromatic heterocycles. The van der Waals surface area contributed by atoms with Crippen LogP contribution in [-0.4, -0.2) is 27.8 Å². The Morgan fingerprint density at radius 3 is 2.43 bits per heavy atom. The van der Waals surface area contributed by atoms with E-state index in [0.29, 0.717) is 11.0 Å². The summed E-state index contributed by atoms with van der Waals surface area (Å²) < 4.78 is 7.04. The highest BCUT2D eigenvalue weighted by Crippen LogP contribution is 2.38. The van der Waals surface area contributed by atoms with Gasteiger partial charge in [0.15, 0.2) is 0 Å². The monoisotopic (exact) mass is 487 g/mol. The molecule has 2 heterocycles. The van der Waals surface area contributed by atoms with E-state index in [4.69, 9.17) is 16.3 Å². The fraction of sp³-hybridized carbons (Fsp3) is 0.222. The number of carbonyl (C=O) groups is 1. The maximum Gasteiger partial charge on any atom is 0.250 e. The van der Waals surface area contributed by atoms with E-state index in [2.05, 4.69) is 51.9 Å². The Kier molecular flexibility index (Phi) is 6.42. The van der Waals surface area contributed by atoms with Crippen molar-refractivity contribution in [3.05, 3.63) is 100 Å². The Labute approximate surface area is 209 Å². The van der Waals surface area contributed by atoms with Gasteiger partial charge >= 0.3 is 0 Å². The van der Waals surface area contributed by atoms with Gasteiger partial charge in [-0.3, -0.25) is 10.1 Å². The molecule has 0 unspecified atom stereocenters. The largest absolute Gasteiger partial charge is 0.497 e. The first-order chi connectivity index (χ1) is 17.0. The van der Waals surface area contributed by atoms with E-state index < -0.39 is 0 Å². The average molecular weight is 488 g/mol. The topological polar surface area (TPSA) is 81.1 Å². The molecule has 1 aliphatic heterocycles. The number of aromatic nitrogens is 3. The molecule has 35 heavy (non-hydrogen) atoms. The number of nitrogens with one attached hydrogen (secondary N) is 2. The van der Waals surface area contributed by atoms with E-state index in [1.807, 2.05) is 53.2 Å². The van der Waals surface area contributed by atoms with Crippen LogP contribution < -0.4 is 15.4 Å². The number of methoxy groups -OCH3 is 1. The second kappa shape index (κ2) is 9.80. The van der Waals surface area contributed by atoms with E-state index in [0.717, 1.165) is 28.9 Å². The molecule has 1 amide bonds. The molecule has 0 saturated carbocycles. The van der Waals surface area contributed by atoms with E-state index in [-0.39, 0.29) is 30.4 Å². The molecular weight excluding hydrogens is 462 g/mol. The number of hydrogen-bond acceptors (Lipinski definition) is 5. The molecule has 7 nitrogen and oxygen atoms in total. The number of nitrogens with zero attached hydrogens (tertiary/aromatic N) is 3. The number of rotatable bonds is 6. The average Bonchev–Trinajstić information content (AvgIpc) is 3.27. The molecule has 2 N–H and O–H groups in total. The Hall–Kier alpha value is -3.84. The van der Waals surface area contributed by atoms with Gasteiger partial charge in [-0.25, -0.2) is 4.68 Å². The number of halogens is 1. The predicted molar refractivity (Wildman–Crippen MR) is 137 cm³/mol. The zero-order valence-electron chi connectivity index (χ0n) is 19.5. The number of amides is 1. The Morgan fingerprint density at radius 1 is 1.06 bits per heavy atom. The molecule has 5 rings (SSSR count). The Bertz CT molecular complexity index is 1320. The van der Waals surface area contributed by atoms with Gasteiger partial charge in [-0.15, -0.1) is 5.10 Å². The van der Waals surface area contributed by atoms with Crippen molar-refractivity contribution in [2.45, 2.75) is 31.8 Å². The summed E-state index contributed by atoms with van der Waals surface area (Å²) in [5.74, 6) is 1.46. The number of benzene rings is 3. The van der Waals surface area contributed by atoms with Gasteiger partial charge in [0, 0.05) is 5.02 Å². The lowest BCUT2D eigenvalue weighted by atomic mass is 9.93. The van der Waals surface area contributed by atoms with E-state index >= 15 is 0 Å². The van der Waals surface area contributed by atoms with Gasteiger partial charge in [0.05, 0.1) is 25.6 Å². The van der Waals surface area contributed by atoms with Crippen LogP contribution in [0.4, 0.5) is 11.9 Å². The molecule has 2 atom stereocenters. The van der Waals surface area contributed by atoms with Crippen molar-refractivity contribution in [1.29, 1.82) is 0 Å². The third-order valence-electron chi connectivity index (χ3n) is 6.20. The Balaban J connectivity index is 1.40. The third-order valence-corrected chi connectivity index (χ3v) is 6.45. The van der Waals surface area contributed by atoms with Gasteiger partial charge in [0.2, 0.25) is 11.9 Å². The highest BCUT2D eigenvalue weighted by atomic mass is 35.5. The molecule has 0 aliphatic carbocycles. The van der Waals surface area contributed by atoms with E-state index in [1.165, 1.54) is 5.56 Å². The fourth-order valence-corrected chi connectivity index (χ4v) is 4.43. The summed E-state index contributed by atoms with van der Waals surface area (Å²) in [6.07, 6.45) is 0.996. The standard InChI is InChI=1S/C27H26ClN5O2/c1-17-3-7-20(8-4-17)24-16-23(19-9-11-21(28)12-10-19)29-27-31-26(32-33(24)27)30-25(34)15-18-5-13-22(35-2)14-6-18/h3-14,23-24H,15-16H2,1-2H3,(H2,29,30,31,32,34)/t23-,24+/m1/s1. The second-order valence-corrected chi connectivity index (χ2v) is 9.12. The molecule has 0 bridgehead atoms. The first-order valence-corrected chi connectivity index (χ1v) is 11.8. The SMILES string of the molecule is COc1ccc(CC(=O)Nc2nc3n(n2)[C@H](c2ccc(C)cc2)C[C@H](c2ccc(Cl)cc2)N3)cc1. The van der Waals surface area contributed by atoms with Gasteiger partial charge in [-0.05, 0) is 54.3 Å². The second-order valence-electron chi connectivity index (χ2n) is 8.69. The minimum Gasteiger partial charge on any atom is -0.497 e. The summed E-state index contributed by atoms with van der Waals surface area (Å²) in [6, 6.07) is 23.7. The van der Waals surface area contributed by atoms with Crippen molar-refractivity contribution in [3.63, 3.8) is 0 Å². The van der Waals surface area contributed by atoms with Crippen LogP contribution >= 0.6 is 11.6 Å². The predicted octanol–water partition coefficient (Wildman–Crippen LogP) is 5.58. The molecular formula is C27H26ClN5O2. The van der Waals surface area contributed by atoms with Crippen molar-refractivity contribution >= 4 is 29.4 Å². The van der Waals surface area contributed by atoms with Crippen LogP contribution in [0.5, 0.6) is 5.75 Å². The van der Waals surface area contributed by atoms with Crippen LogP contribution in [0.2, 0.25) is 5.02 Å². The molecule has 3 aromatic carbocycles. The molecule has 178 valence electrons. The van der Waals surface area contributed by atoms with Crippen LogP contribution in [0.1, 0.15) is 40.8 Å². The lowest BCUT2D eigenvalue weighted by Gasteiger charge is -2.31. The van der Waals surface area contributed by atoms with Crippen molar-refractivity contribution in [2.75, 3.05) is 17.7 Å². The maximum atomic E-state index is 12.7. The summed E-state index contributed by atoms with van der Waals surface area (Å²) >= 11 is 6.10. The number of ether oxygens (including phenoxy) is 1. The van der Waals surface area contributed by atoms with Gasteiger partial charge in [0.25, 0.3) is 5.95 Å². The summed E-state index contributed by atoms with van der Waals surface area (Å²) in [5.41, 5.74) is 4.33. The van der Waals surface area contributed by atoms with E-state index in [9.17, 15) is 4.79 Å². The van der Waals surface area contributed by atoms with Crippen molar-refractivity contribution < 1.29 is 9.53 Å². The smallest absolute Gasteiger partial charge is 0.250 e. The summed E-state index contributed by atoms with van der Waals surface area (Å²) in [4.78, 5) is 17.3. The fourth-order valence-electron chi connectivity index (χ4n) is 4.31. The van der Waals surface area contributed by atoms with Gasteiger partial charge in [-0.1, -0.05) is 65.7 Å². The van der Waals surface area contributed by atoms with Crippen LogP contribution in [0.3, 0.4) is 0 Å². The van der Waals surface area contributed by atoms with Crippen LogP contribution in [0.15, 0.2) is 72.8 Å². The van der Waals surface area contributed by atoms with Crippen LogP contribution in [-0.2, 0) is 11.2 Å². The molecule has 4 aromatic rings. The molecule has 0 radical (unpaired) electrons. The Morgan fingerprint density at radius 2 is 1.74 bits per heavy atom. The normalized spacial score (nSPS) is 16.8. The molecule has 0 spiro atoms. The molecule has 8 heteroatoms. The van der Waals surface area contributed by atoms with Crippen molar-refractivity contribution in [1.82, 2.24) is 14.8 Å². The number of carbonyl (C=O) groups excluding carboxylic acids is 1. The first-order valence-electron chi connectivity index (χ1n) is 11.5. The molecule has 0 fully saturated rings. The zero-order valence-corrected chi connectivity index (χ0v) is 20.3. The zero-order chi connectivity index (χ0) is 24.4. The maximum absolute atomic E-state index is 12.7. The lowest BCUT2D eigenvalue weighted by Crippen LogP contribution is -2.28. The van der Waals surface area contributed by atoms with Crippen molar-refractivity contribution in [3.8, 4) is 5.75 Å². The minimum atomic E-state index is -0.181. The van der Waals surface area contributed by atoms with Crippen LogP contribution in [0.25, 0.3) is 0 Å². The third kappa shape index (κ3) is 5.15. The summed E-state index contributed by atoms with van der Waals surface area (Å²) in [7, 11) is 1.61. The minimum absolute atomic E-state index is 0.0260. The van der Waals surface area contributed by atoms with E-state index in [1.54, 1.807) is 7.11 Å². The molecule has 0 saturated heterocycles. The van der Waals surface area contributed by atoms with Crippen molar-refractivity contribution in [2.24, 2.45) is 0 Å². The summed E-state index contributed by atoms with van der Waals surface area (Å²) in [6.45, 7) is 2.07. The van der Waals surface area contributed by atoms with Gasteiger partial charge in [-0.2, -0.15) is 4.98 Å². The van der Waals surface area contributed by atoms with Gasteiger partial charge < -0.3 is 10.1 Å². The number of hydrogen-bond donors (Lipinski definition) is 2. The van der Waals surface area contributed by atoms with Gasteiger partial charge in [0.1, 0.15) is 5.75 Å².